The largest absolute Gasteiger partial charge is 0.404 e. The van der Waals surface area contributed by atoms with Crippen LogP contribution in [0.4, 0.5) is 27.6 Å². The highest BCUT2D eigenvalue weighted by molar-refractivity contribution is 7.89. The van der Waals surface area contributed by atoms with E-state index in [0.29, 0.717) is 6.92 Å². The Labute approximate surface area is 160 Å². The maximum absolute atomic E-state index is 13.6. The average molecular weight is 447 g/mol. The summed E-state index contributed by atoms with van der Waals surface area (Å²) in [7, 11) is -3.53. The van der Waals surface area contributed by atoms with E-state index < -0.39 is 61.3 Å². The summed E-state index contributed by atoms with van der Waals surface area (Å²) in [6.07, 6.45) is -4.02. The standard InChI is InChI=1S/C14H12ClF5N4O3S/c1-6(14(18,19)20)23-28(26,27)8-5-24(2)11(10(8)15)13(25)21-7-3-4-9(16)22-12(7)17/h3-6,23H,1-2H3,(H,21,25). The molecule has 0 aliphatic heterocycles. The van der Waals surface area contributed by atoms with Gasteiger partial charge >= 0.3 is 6.18 Å². The molecule has 154 valence electrons. The molecule has 2 aromatic heterocycles. The predicted octanol–water partition coefficient (Wildman–Crippen LogP) is 2.83. The number of pyridine rings is 1. The maximum Gasteiger partial charge on any atom is 0.404 e. The van der Waals surface area contributed by atoms with Crippen molar-refractivity contribution < 1.29 is 35.2 Å². The number of hydrogen-bond donors (Lipinski definition) is 2. The van der Waals surface area contributed by atoms with Crippen molar-refractivity contribution in [1.29, 1.82) is 0 Å². The van der Waals surface area contributed by atoms with Crippen LogP contribution >= 0.6 is 11.6 Å². The van der Waals surface area contributed by atoms with Gasteiger partial charge in [-0.15, -0.1) is 0 Å². The molecule has 0 bridgehead atoms. The lowest BCUT2D eigenvalue weighted by molar-refractivity contribution is -0.147. The molecular weight excluding hydrogens is 435 g/mol. The summed E-state index contributed by atoms with van der Waals surface area (Å²) in [5, 5.41) is 1.34. The van der Waals surface area contributed by atoms with Crippen LogP contribution in [0.5, 0.6) is 0 Å². The summed E-state index contributed by atoms with van der Waals surface area (Å²) in [4.78, 5) is 14.4. The van der Waals surface area contributed by atoms with E-state index in [4.69, 9.17) is 11.6 Å². The molecule has 0 aromatic carbocycles. The van der Waals surface area contributed by atoms with Crippen molar-refractivity contribution in [2.45, 2.75) is 24.0 Å². The Hall–Kier alpha value is -2.25. The maximum atomic E-state index is 13.6. The highest BCUT2D eigenvalue weighted by atomic mass is 35.5. The lowest BCUT2D eigenvalue weighted by Crippen LogP contribution is -2.42. The Bertz CT molecular complexity index is 1020. The molecule has 14 heteroatoms. The van der Waals surface area contributed by atoms with E-state index >= 15 is 0 Å². The smallest absolute Gasteiger partial charge is 0.344 e. The molecule has 2 aromatic rings. The second-order valence-electron chi connectivity index (χ2n) is 5.58. The average Bonchev–Trinajstić information content (AvgIpc) is 2.84. The van der Waals surface area contributed by atoms with Gasteiger partial charge in [0.2, 0.25) is 21.9 Å². The van der Waals surface area contributed by atoms with Gasteiger partial charge < -0.3 is 9.88 Å². The molecular formula is C14H12ClF5N4O3S. The van der Waals surface area contributed by atoms with Gasteiger partial charge in [0.15, 0.2) is 0 Å². The first-order valence-electron chi connectivity index (χ1n) is 7.31. The lowest BCUT2D eigenvalue weighted by Gasteiger charge is -2.16. The zero-order valence-corrected chi connectivity index (χ0v) is 15.7. The molecule has 0 aliphatic rings. The number of rotatable bonds is 5. The number of carbonyl (C=O) groups is 1. The monoisotopic (exact) mass is 446 g/mol. The molecule has 2 N–H and O–H groups in total. The summed E-state index contributed by atoms with van der Waals surface area (Å²) in [6, 6.07) is -0.772. The molecule has 0 fully saturated rings. The van der Waals surface area contributed by atoms with Gasteiger partial charge in [-0.05, 0) is 19.1 Å². The fourth-order valence-corrected chi connectivity index (χ4v) is 3.99. The van der Waals surface area contributed by atoms with Gasteiger partial charge in [0.1, 0.15) is 16.6 Å². The minimum Gasteiger partial charge on any atom is -0.344 e. The topological polar surface area (TPSA) is 93.1 Å². The Balaban J connectivity index is 2.36. The number of sulfonamides is 1. The molecule has 0 aliphatic carbocycles. The molecule has 1 amide bonds. The van der Waals surface area contributed by atoms with Gasteiger partial charge in [0, 0.05) is 13.2 Å². The van der Waals surface area contributed by atoms with E-state index in [1.807, 2.05) is 5.32 Å². The quantitative estimate of drug-likeness (QED) is 0.545. The molecule has 28 heavy (non-hydrogen) atoms. The number of halogens is 6. The Morgan fingerprint density at radius 2 is 1.89 bits per heavy atom. The number of anilines is 1. The third-order valence-electron chi connectivity index (χ3n) is 3.48. The Morgan fingerprint density at radius 1 is 1.29 bits per heavy atom. The van der Waals surface area contributed by atoms with Crippen molar-refractivity contribution in [1.82, 2.24) is 14.3 Å². The zero-order valence-electron chi connectivity index (χ0n) is 14.1. The van der Waals surface area contributed by atoms with Gasteiger partial charge in [0.05, 0.1) is 10.7 Å². The molecule has 1 atom stereocenters. The van der Waals surface area contributed by atoms with Crippen LogP contribution in [0.3, 0.4) is 0 Å². The normalized spacial score (nSPS) is 13.4. The van der Waals surface area contributed by atoms with Crippen molar-refractivity contribution >= 4 is 33.2 Å². The second-order valence-corrected chi connectivity index (χ2v) is 7.64. The minimum atomic E-state index is -4.85. The van der Waals surface area contributed by atoms with Crippen LogP contribution in [-0.4, -0.2) is 36.1 Å². The predicted molar refractivity (Wildman–Crippen MR) is 88.4 cm³/mol. The third kappa shape index (κ3) is 4.59. The first-order valence-corrected chi connectivity index (χ1v) is 9.17. The number of nitrogens with one attached hydrogen (secondary N) is 2. The van der Waals surface area contributed by atoms with Crippen LogP contribution in [0.15, 0.2) is 23.2 Å². The molecule has 7 nitrogen and oxygen atoms in total. The van der Waals surface area contributed by atoms with Crippen molar-refractivity contribution in [3.05, 3.63) is 40.9 Å². The summed E-state index contributed by atoms with van der Waals surface area (Å²) in [6.45, 7) is 0.590. The van der Waals surface area contributed by atoms with Crippen molar-refractivity contribution in [3.63, 3.8) is 0 Å². The first-order chi connectivity index (χ1) is 12.7. The lowest BCUT2D eigenvalue weighted by atomic mass is 10.3. The highest BCUT2D eigenvalue weighted by Crippen LogP contribution is 2.29. The van der Waals surface area contributed by atoms with Crippen LogP contribution in [0, 0.1) is 11.9 Å². The van der Waals surface area contributed by atoms with E-state index in [9.17, 15) is 35.2 Å². The van der Waals surface area contributed by atoms with Crippen LogP contribution in [0.1, 0.15) is 17.4 Å². The number of hydrogen-bond acceptors (Lipinski definition) is 4. The first kappa shape index (κ1) is 22.0. The number of aryl methyl sites for hydroxylation is 1. The fourth-order valence-electron chi connectivity index (χ4n) is 2.07. The number of nitrogens with zero attached hydrogens (tertiary/aromatic N) is 2. The van der Waals surface area contributed by atoms with E-state index in [1.165, 1.54) is 11.8 Å². The Kier molecular flexibility index (Phi) is 6.01. The van der Waals surface area contributed by atoms with Crippen LogP contribution in [0.2, 0.25) is 5.02 Å². The van der Waals surface area contributed by atoms with Gasteiger partial charge in [-0.2, -0.15) is 31.7 Å². The van der Waals surface area contributed by atoms with Crippen molar-refractivity contribution in [2.24, 2.45) is 7.05 Å². The molecule has 0 saturated carbocycles. The van der Waals surface area contributed by atoms with E-state index in [1.54, 1.807) is 0 Å². The van der Waals surface area contributed by atoms with Crippen LogP contribution < -0.4 is 10.0 Å². The number of alkyl halides is 3. The van der Waals surface area contributed by atoms with Gasteiger partial charge in [-0.3, -0.25) is 4.79 Å². The van der Waals surface area contributed by atoms with Crippen LogP contribution in [-0.2, 0) is 17.1 Å². The van der Waals surface area contributed by atoms with Crippen LogP contribution in [0.25, 0.3) is 0 Å². The molecule has 1 unspecified atom stereocenters. The molecule has 2 rings (SSSR count). The van der Waals surface area contributed by atoms with E-state index in [2.05, 4.69) is 4.98 Å². The van der Waals surface area contributed by atoms with Gasteiger partial charge in [-0.25, -0.2) is 8.42 Å². The third-order valence-corrected chi connectivity index (χ3v) is 5.53. The molecule has 0 saturated heterocycles. The summed E-state index contributed by atoms with van der Waals surface area (Å²) in [5.41, 5.74) is -0.998. The van der Waals surface area contributed by atoms with Crippen molar-refractivity contribution in [3.8, 4) is 0 Å². The minimum absolute atomic E-state index is 0.481. The Morgan fingerprint density at radius 3 is 2.43 bits per heavy atom. The molecule has 0 radical (unpaired) electrons. The SMILES string of the molecule is CC(NS(=O)(=O)c1cn(C)c(C(=O)Nc2ccc(F)nc2F)c1Cl)C(F)(F)F. The molecule has 0 spiro atoms. The zero-order chi connectivity index (χ0) is 21.4. The summed E-state index contributed by atoms with van der Waals surface area (Å²) >= 11 is 5.89. The number of aromatic nitrogens is 2. The van der Waals surface area contributed by atoms with E-state index in [-0.39, 0.29) is 0 Å². The second kappa shape index (κ2) is 7.64. The highest BCUT2D eigenvalue weighted by Gasteiger charge is 2.40. The van der Waals surface area contributed by atoms with E-state index in [0.717, 1.165) is 22.9 Å². The van der Waals surface area contributed by atoms with Gasteiger partial charge in [0.25, 0.3) is 5.91 Å². The number of carbonyl (C=O) groups excluding carboxylic acids is 1. The fraction of sp³-hybridized carbons (Fsp3) is 0.286. The number of amides is 1. The van der Waals surface area contributed by atoms with Crippen molar-refractivity contribution in [2.75, 3.05) is 5.32 Å². The van der Waals surface area contributed by atoms with Gasteiger partial charge in [-0.1, -0.05) is 11.6 Å². The summed E-state index contributed by atoms with van der Waals surface area (Å²) in [5.74, 6) is -3.57. The molecule has 2 heterocycles. The summed E-state index contributed by atoms with van der Waals surface area (Å²) < 4.78 is 91.0.